The first-order valence-electron chi connectivity index (χ1n) is 6.54. The van der Waals surface area contributed by atoms with Crippen molar-refractivity contribution >= 4 is 0 Å². The highest BCUT2D eigenvalue weighted by atomic mass is 19.1. The highest BCUT2D eigenvalue weighted by molar-refractivity contribution is 5.55. The Kier molecular flexibility index (Phi) is 3.47. The topological polar surface area (TPSA) is 44.5 Å². The molecule has 106 valence electrons. The lowest BCUT2D eigenvalue weighted by Crippen LogP contribution is -2.22. The molecule has 0 amide bonds. The van der Waals surface area contributed by atoms with Crippen LogP contribution in [-0.2, 0) is 11.1 Å². The minimum atomic E-state index is -1.42. The van der Waals surface area contributed by atoms with E-state index in [4.69, 9.17) is 15.2 Å². The lowest BCUT2D eigenvalue weighted by molar-refractivity contribution is 0.220. The first-order chi connectivity index (χ1) is 8.88. The molecule has 0 bridgehead atoms. The van der Waals surface area contributed by atoms with Crippen molar-refractivity contribution in [1.82, 2.24) is 0 Å². The molecule has 3 nitrogen and oxygen atoms in total. The van der Waals surface area contributed by atoms with Gasteiger partial charge in [-0.25, -0.2) is 4.39 Å². The van der Waals surface area contributed by atoms with Crippen LogP contribution < -0.4 is 15.2 Å². The fourth-order valence-corrected chi connectivity index (χ4v) is 2.44. The van der Waals surface area contributed by atoms with E-state index in [1.165, 1.54) is 0 Å². The molecule has 1 aromatic rings. The van der Waals surface area contributed by atoms with Gasteiger partial charge in [-0.05, 0) is 44.4 Å². The van der Waals surface area contributed by atoms with Gasteiger partial charge in [0, 0.05) is 17.5 Å². The molecule has 1 aliphatic carbocycles. The van der Waals surface area contributed by atoms with Crippen molar-refractivity contribution in [3.8, 4) is 11.5 Å². The molecule has 2 N–H and O–H groups in total. The first-order valence-corrected chi connectivity index (χ1v) is 6.54. The van der Waals surface area contributed by atoms with Crippen LogP contribution in [0.5, 0.6) is 11.5 Å². The zero-order chi connectivity index (χ0) is 14.3. The summed E-state index contributed by atoms with van der Waals surface area (Å²) in [5, 5.41) is 0. The summed E-state index contributed by atoms with van der Waals surface area (Å²) in [6.45, 7) is 3.63. The fraction of sp³-hybridized carbons (Fsp3) is 0.600. The Morgan fingerprint density at radius 2 is 1.89 bits per heavy atom. The van der Waals surface area contributed by atoms with Gasteiger partial charge in [0.2, 0.25) is 0 Å². The molecule has 1 fully saturated rings. The summed E-state index contributed by atoms with van der Waals surface area (Å²) in [4.78, 5) is 0. The van der Waals surface area contributed by atoms with Gasteiger partial charge < -0.3 is 15.2 Å². The van der Waals surface area contributed by atoms with Crippen LogP contribution in [0.3, 0.4) is 0 Å². The molecule has 0 unspecified atom stereocenters. The van der Waals surface area contributed by atoms with Gasteiger partial charge in [0.1, 0.15) is 5.67 Å². The molecule has 1 aromatic carbocycles. The summed E-state index contributed by atoms with van der Waals surface area (Å²) in [5.41, 5.74) is 5.96. The summed E-state index contributed by atoms with van der Waals surface area (Å²) in [5.74, 6) is 1.25. The number of halogens is 1. The Balaban J connectivity index is 2.62. The van der Waals surface area contributed by atoms with Crippen molar-refractivity contribution in [2.75, 3.05) is 20.8 Å². The monoisotopic (exact) mass is 267 g/mol. The van der Waals surface area contributed by atoms with Crippen molar-refractivity contribution in [3.05, 3.63) is 23.3 Å². The quantitative estimate of drug-likeness (QED) is 0.892. The third-order valence-electron chi connectivity index (χ3n) is 3.98. The Labute approximate surface area is 113 Å². The zero-order valence-corrected chi connectivity index (χ0v) is 12.0. The Morgan fingerprint density at radius 1 is 1.26 bits per heavy atom. The lowest BCUT2D eigenvalue weighted by Gasteiger charge is -2.23. The predicted molar refractivity (Wildman–Crippen MR) is 73.6 cm³/mol. The minimum Gasteiger partial charge on any atom is -0.493 e. The van der Waals surface area contributed by atoms with Crippen LogP contribution in [0, 0.1) is 0 Å². The number of methoxy groups -OCH3 is 2. The highest BCUT2D eigenvalue weighted by Crippen LogP contribution is 2.53. The summed E-state index contributed by atoms with van der Waals surface area (Å²) in [7, 11) is 3.17. The van der Waals surface area contributed by atoms with Crippen molar-refractivity contribution in [2.24, 2.45) is 5.73 Å². The standard InChI is InChI=1S/C15H22FNO2/c1-14(2,16)10-7-11(15(9-17)5-6-15)13(19-4)12(8-10)18-3/h7-8H,5-6,9,17H2,1-4H3. The number of benzene rings is 1. The van der Waals surface area contributed by atoms with Crippen LogP contribution in [0.15, 0.2) is 12.1 Å². The van der Waals surface area contributed by atoms with Gasteiger partial charge in [0.05, 0.1) is 14.2 Å². The molecule has 19 heavy (non-hydrogen) atoms. The van der Waals surface area contributed by atoms with Crippen LogP contribution in [-0.4, -0.2) is 20.8 Å². The van der Waals surface area contributed by atoms with E-state index in [9.17, 15) is 4.39 Å². The van der Waals surface area contributed by atoms with E-state index >= 15 is 0 Å². The van der Waals surface area contributed by atoms with Crippen LogP contribution in [0.1, 0.15) is 37.8 Å². The summed E-state index contributed by atoms with van der Waals surface area (Å²) in [6.07, 6.45) is 2.03. The first kappa shape index (κ1) is 14.1. The van der Waals surface area contributed by atoms with Gasteiger partial charge in [-0.15, -0.1) is 0 Å². The number of alkyl halides is 1. The molecule has 0 heterocycles. The smallest absolute Gasteiger partial charge is 0.164 e. The molecule has 0 radical (unpaired) electrons. The van der Waals surface area contributed by atoms with Crippen molar-refractivity contribution in [2.45, 2.75) is 37.8 Å². The molecular weight excluding hydrogens is 245 g/mol. The molecule has 0 atom stereocenters. The number of nitrogens with two attached hydrogens (primary N) is 1. The van der Waals surface area contributed by atoms with Gasteiger partial charge >= 0.3 is 0 Å². The largest absolute Gasteiger partial charge is 0.493 e. The summed E-state index contributed by atoms with van der Waals surface area (Å²) in [6, 6.07) is 3.58. The summed E-state index contributed by atoms with van der Waals surface area (Å²) >= 11 is 0. The van der Waals surface area contributed by atoms with Crippen molar-refractivity contribution in [3.63, 3.8) is 0 Å². The van der Waals surface area contributed by atoms with Crippen LogP contribution in [0.2, 0.25) is 0 Å². The fourth-order valence-electron chi connectivity index (χ4n) is 2.44. The molecule has 2 rings (SSSR count). The van der Waals surface area contributed by atoms with Crippen molar-refractivity contribution < 1.29 is 13.9 Å². The van der Waals surface area contributed by atoms with Gasteiger partial charge in [-0.1, -0.05) is 0 Å². The second kappa shape index (κ2) is 4.67. The van der Waals surface area contributed by atoms with Crippen molar-refractivity contribution in [1.29, 1.82) is 0 Å². The van der Waals surface area contributed by atoms with Gasteiger partial charge in [0.25, 0.3) is 0 Å². The average Bonchev–Trinajstić information content (AvgIpc) is 3.16. The third kappa shape index (κ3) is 2.41. The second-order valence-electron chi connectivity index (χ2n) is 5.72. The maximum absolute atomic E-state index is 14.2. The van der Waals surface area contributed by atoms with E-state index < -0.39 is 5.67 Å². The molecule has 0 saturated heterocycles. The number of hydrogen-bond acceptors (Lipinski definition) is 3. The average molecular weight is 267 g/mol. The molecule has 0 aromatic heterocycles. The maximum atomic E-state index is 14.2. The maximum Gasteiger partial charge on any atom is 0.164 e. The van der Waals surface area contributed by atoms with Crippen LogP contribution in [0.4, 0.5) is 4.39 Å². The minimum absolute atomic E-state index is 0.0696. The number of ether oxygens (including phenoxy) is 2. The number of rotatable bonds is 5. The van der Waals surface area contributed by atoms with Gasteiger partial charge in [-0.3, -0.25) is 0 Å². The van der Waals surface area contributed by atoms with E-state index in [1.54, 1.807) is 34.1 Å². The normalized spacial score (nSPS) is 17.2. The van der Waals surface area contributed by atoms with E-state index in [-0.39, 0.29) is 5.41 Å². The number of hydrogen-bond donors (Lipinski definition) is 1. The SMILES string of the molecule is COc1cc(C(C)(C)F)cc(C2(CN)CC2)c1OC. The Bertz CT molecular complexity index is 476. The van der Waals surface area contributed by atoms with E-state index in [0.29, 0.717) is 23.6 Å². The van der Waals surface area contributed by atoms with E-state index in [1.807, 2.05) is 6.07 Å². The summed E-state index contributed by atoms with van der Waals surface area (Å²) < 4.78 is 25.0. The van der Waals surface area contributed by atoms with Crippen LogP contribution in [0.25, 0.3) is 0 Å². The van der Waals surface area contributed by atoms with E-state index in [2.05, 4.69) is 0 Å². The lowest BCUT2D eigenvalue weighted by atomic mass is 9.89. The third-order valence-corrected chi connectivity index (χ3v) is 3.98. The molecule has 0 aliphatic heterocycles. The molecule has 1 aliphatic rings. The molecular formula is C15H22FNO2. The molecule has 4 heteroatoms. The van der Waals surface area contributed by atoms with E-state index in [0.717, 1.165) is 18.4 Å². The van der Waals surface area contributed by atoms with Crippen LogP contribution >= 0.6 is 0 Å². The second-order valence-corrected chi connectivity index (χ2v) is 5.72. The highest BCUT2D eigenvalue weighted by Gasteiger charge is 2.46. The zero-order valence-electron chi connectivity index (χ0n) is 12.0. The van der Waals surface area contributed by atoms with Gasteiger partial charge in [-0.2, -0.15) is 0 Å². The molecule has 0 spiro atoms. The Hall–Kier alpha value is -1.29. The molecule has 1 saturated carbocycles. The predicted octanol–water partition coefficient (Wildman–Crippen LogP) is 2.90. The van der Waals surface area contributed by atoms with Gasteiger partial charge in [0.15, 0.2) is 11.5 Å². The Morgan fingerprint density at radius 3 is 2.26 bits per heavy atom.